The molecule has 0 spiro atoms. The fraction of sp³-hybridized carbons (Fsp3) is 0.455. The largest absolute Gasteiger partial charge is 0.278 e. The van der Waals surface area contributed by atoms with Crippen LogP contribution >= 0.6 is 12.0 Å². The third-order valence-electron chi connectivity index (χ3n) is 1.97. The van der Waals surface area contributed by atoms with Gasteiger partial charge in [0.15, 0.2) is 0 Å². The molecule has 1 rings (SSSR count). The summed E-state index contributed by atoms with van der Waals surface area (Å²) in [5.74, 6) is 0.650. The van der Waals surface area contributed by atoms with Crippen LogP contribution in [-0.2, 0) is 19.5 Å². The molecule has 1 aromatic rings. The molecule has 1 aromatic carbocycles. The van der Waals surface area contributed by atoms with Crippen LogP contribution in [0.5, 0.6) is 0 Å². The highest BCUT2D eigenvalue weighted by molar-refractivity contribution is 8.03. The average molecular weight is 260 g/mol. The number of unbranched alkanes of at least 4 members (excludes halogenated alkanes) is 1. The predicted octanol–water partition coefficient (Wildman–Crippen LogP) is 2.98. The van der Waals surface area contributed by atoms with Crippen molar-refractivity contribution in [3.05, 3.63) is 35.9 Å². The molecule has 5 heteroatoms. The molecule has 0 aliphatic carbocycles. The second-order valence-corrected chi connectivity index (χ2v) is 6.02. The minimum Gasteiger partial charge on any atom is -0.198 e. The lowest BCUT2D eigenvalue weighted by Gasteiger charge is -2.03. The highest BCUT2D eigenvalue weighted by Crippen LogP contribution is 2.16. The van der Waals surface area contributed by atoms with Gasteiger partial charge >= 0.3 is 0 Å². The molecule has 0 unspecified atom stereocenters. The Morgan fingerprint density at radius 3 is 2.56 bits per heavy atom. The van der Waals surface area contributed by atoms with Crippen molar-refractivity contribution >= 4 is 22.2 Å². The maximum absolute atomic E-state index is 11.3. The first-order chi connectivity index (χ1) is 7.64. The zero-order valence-electron chi connectivity index (χ0n) is 9.26. The molecule has 90 valence electrons. The molecule has 0 aromatic heterocycles. The van der Waals surface area contributed by atoms with Gasteiger partial charge in [-0.15, -0.1) is 0 Å². The fourth-order valence-corrected chi connectivity index (χ4v) is 3.12. The van der Waals surface area contributed by atoms with Crippen molar-refractivity contribution in [3.63, 3.8) is 0 Å². The first kappa shape index (κ1) is 13.5. The van der Waals surface area contributed by atoms with Gasteiger partial charge in [-0.2, -0.15) is 12.0 Å². The molecular formula is C11H16O3S2. The Labute approximate surface area is 102 Å². The smallest absolute Gasteiger partial charge is 0.198 e. The molecule has 0 N–H and O–H groups in total. The lowest BCUT2D eigenvalue weighted by atomic mass is 10.2. The van der Waals surface area contributed by atoms with Gasteiger partial charge in [0.2, 0.25) is 0 Å². The second-order valence-electron chi connectivity index (χ2n) is 3.43. The summed E-state index contributed by atoms with van der Waals surface area (Å²) in [7, 11) is -3.35. The summed E-state index contributed by atoms with van der Waals surface area (Å²) in [5.41, 5.74) is 1.05. The highest BCUT2D eigenvalue weighted by atomic mass is 32.3. The van der Waals surface area contributed by atoms with Crippen molar-refractivity contribution in [3.8, 4) is 0 Å². The van der Waals surface area contributed by atoms with Crippen molar-refractivity contribution in [1.29, 1.82) is 0 Å². The molecule has 16 heavy (non-hydrogen) atoms. The minimum absolute atomic E-state index is 0.102. The van der Waals surface area contributed by atoms with Crippen molar-refractivity contribution in [2.75, 3.05) is 5.75 Å². The van der Waals surface area contributed by atoms with E-state index in [2.05, 4.69) is 0 Å². The molecule has 3 nitrogen and oxygen atoms in total. The van der Waals surface area contributed by atoms with Gasteiger partial charge in [0.1, 0.15) is 0 Å². The molecule has 0 radical (unpaired) electrons. The van der Waals surface area contributed by atoms with E-state index in [1.165, 1.54) is 0 Å². The molecule has 0 bridgehead atoms. The SMILES string of the molecule is CCCCS(=O)(=O)OSCc1ccccc1. The monoisotopic (exact) mass is 260 g/mol. The van der Waals surface area contributed by atoms with Gasteiger partial charge in [-0.3, -0.25) is 0 Å². The third kappa shape index (κ3) is 5.53. The van der Waals surface area contributed by atoms with Crippen molar-refractivity contribution in [2.45, 2.75) is 25.5 Å². The van der Waals surface area contributed by atoms with E-state index < -0.39 is 10.1 Å². The van der Waals surface area contributed by atoms with E-state index in [4.69, 9.17) is 3.63 Å². The molecule has 0 heterocycles. The summed E-state index contributed by atoms with van der Waals surface area (Å²) >= 11 is 0.976. The van der Waals surface area contributed by atoms with Crippen LogP contribution in [0.15, 0.2) is 30.3 Å². The van der Waals surface area contributed by atoms with Crippen molar-refractivity contribution in [1.82, 2.24) is 0 Å². The Balaban J connectivity index is 2.30. The van der Waals surface area contributed by atoms with Crippen LogP contribution in [0.1, 0.15) is 25.3 Å². The number of hydrogen-bond acceptors (Lipinski definition) is 4. The van der Waals surface area contributed by atoms with Crippen molar-refractivity contribution < 1.29 is 12.0 Å². The topological polar surface area (TPSA) is 43.4 Å². The second kappa shape index (κ2) is 6.93. The van der Waals surface area contributed by atoms with Gasteiger partial charge in [-0.1, -0.05) is 43.7 Å². The van der Waals surface area contributed by atoms with Gasteiger partial charge < -0.3 is 0 Å². The fourth-order valence-electron chi connectivity index (χ4n) is 1.09. The number of benzene rings is 1. The number of rotatable bonds is 7. The van der Waals surface area contributed by atoms with Crippen LogP contribution in [0.2, 0.25) is 0 Å². The standard InChI is InChI=1S/C11H16O3S2/c1-2-3-9-16(12,13)14-15-10-11-7-5-4-6-8-11/h4-8H,2-3,9-10H2,1H3. The molecule has 0 saturated carbocycles. The molecule has 0 aliphatic heterocycles. The van der Waals surface area contributed by atoms with Crippen LogP contribution in [-0.4, -0.2) is 14.2 Å². The molecule has 0 saturated heterocycles. The van der Waals surface area contributed by atoms with E-state index in [0.29, 0.717) is 12.2 Å². The zero-order valence-corrected chi connectivity index (χ0v) is 10.9. The summed E-state index contributed by atoms with van der Waals surface area (Å²) in [5, 5.41) is 0. The minimum atomic E-state index is -3.35. The Morgan fingerprint density at radius 1 is 1.25 bits per heavy atom. The first-order valence-electron chi connectivity index (χ1n) is 5.22. The molecular weight excluding hydrogens is 244 g/mol. The zero-order chi connectivity index (χ0) is 11.9. The van der Waals surface area contributed by atoms with E-state index >= 15 is 0 Å². The molecule has 0 amide bonds. The summed E-state index contributed by atoms with van der Waals surface area (Å²) in [6.07, 6.45) is 1.50. The van der Waals surface area contributed by atoms with E-state index in [9.17, 15) is 8.42 Å². The lowest BCUT2D eigenvalue weighted by molar-refractivity contribution is 0.515. The molecule has 0 atom stereocenters. The van der Waals surface area contributed by atoms with Crippen LogP contribution in [0.4, 0.5) is 0 Å². The van der Waals surface area contributed by atoms with Gasteiger partial charge in [0.05, 0.1) is 5.75 Å². The van der Waals surface area contributed by atoms with Crippen molar-refractivity contribution in [2.24, 2.45) is 0 Å². The van der Waals surface area contributed by atoms with Gasteiger partial charge in [0.25, 0.3) is 10.1 Å². The van der Waals surface area contributed by atoms with Gasteiger partial charge in [0, 0.05) is 17.8 Å². The van der Waals surface area contributed by atoms with E-state index in [0.717, 1.165) is 24.0 Å². The maximum atomic E-state index is 11.3. The Bertz CT molecular complexity index is 387. The highest BCUT2D eigenvalue weighted by Gasteiger charge is 2.10. The van der Waals surface area contributed by atoms with E-state index in [1.54, 1.807) is 0 Å². The Hall–Kier alpha value is -0.520. The summed E-state index contributed by atoms with van der Waals surface area (Å²) < 4.78 is 27.5. The van der Waals surface area contributed by atoms with Crippen LogP contribution in [0, 0.1) is 0 Å². The average Bonchev–Trinajstić information content (AvgIpc) is 2.28. The Kier molecular flexibility index (Phi) is 5.87. The summed E-state index contributed by atoms with van der Waals surface area (Å²) in [6, 6.07) is 9.64. The lowest BCUT2D eigenvalue weighted by Crippen LogP contribution is -2.06. The summed E-state index contributed by atoms with van der Waals surface area (Å²) in [6.45, 7) is 1.95. The van der Waals surface area contributed by atoms with Crippen LogP contribution in [0.25, 0.3) is 0 Å². The van der Waals surface area contributed by atoms with Crippen LogP contribution in [0.3, 0.4) is 0 Å². The molecule has 0 aliphatic rings. The quantitative estimate of drug-likeness (QED) is 0.707. The van der Waals surface area contributed by atoms with Crippen LogP contribution < -0.4 is 0 Å². The predicted molar refractivity (Wildman–Crippen MR) is 67.5 cm³/mol. The Morgan fingerprint density at radius 2 is 1.94 bits per heavy atom. The van der Waals surface area contributed by atoms with Gasteiger partial charge in [-0.25, -0.2) is 0 Å². The van der Waals surface area contributed by atoms with E-state index in [-0.39, 0.29) is 5.75 Å². The number of hydrogen-bond donors (Lipinski definition) is 0. The maximum Gasteiger partial charge on any atom is 0.278 e. The first-order valence-corrected chi connectivity index (χ1v) is 7.70. The van der Waals surface area contributed by atoms with Gasteiger partial charge in [-0.05, 0) is 12.0 Å². The van der Waals surface area contributed by atoms with E-state index in [1.807, 2.05) is 37.3 Å². The summed E-state index contributed by atoms with van der Waals surface area (Å²) in [4.78, 5) is 0. The third-order valence-corrected chi connectivity index (χ3v) is 4.42. The normalized spacial score (nSPS) is 11.6. The molecule has 0 fully saturated rings.